The van der Waals surface area contributed by atoms with E-state index in [0.717, 1.165) is 12.8 Å². The number of nitrogens with one attached hydrogen (secondary N) is 1. The molecular weight excluding hydrogens is 256 g/mol. The second-order valence-corrected chi connectivity index (χ2v) is 4.89. The summed E-state index contributed by atoms with van der Waals surface area (Å²) in [6, 6.07) is 4.27. The fourth-order valence-electron chi connectivity index (χ4n) is 1.72. The van der Waals surface area contributed by atoms with Crippen molar-refractivity contribution in [1.29, 1.82) is 0 Å². The number of nitrogens with zero attached hydrogens (tertiary/aromatic N) is 1. The Kier molecular flexibility index (Phi) is 3.26. The highest BCUT2D eigenvalue weighted by Crippen LogP contribution is 2.36. The molecule has 1 saturated carbocycles. The van der Waals surface area contributed by atoms with Gasteiger partial charge in [-0.25, -0.2) is 0 Å². The molecule has 0 spiro atoms. The number of amides is 1. The summed E-state index contributed by atoms with van der Waals surface area (Å²) in [5.41, 5.74) is 0.654. The third kappa shape index (κ3) is 2.46. The molecule has 1 aromatic rings. The first-order valence-electron chi connectivity index (χ1n) is 5.61. The van der Waals surface area contributed by atoms with Gasteiger partial charge in [0.25, 0.3) is 11.6 Å². The summed E-state index contributed by atoms with van der Waals surface area (Å²) in [5, 5.41) is 13.5. The Bertz CT molecular complexity index is 512. The molecule has 0 unspecified atom stereocenters. The Balaban J connectivity index is 2.24. The number of nitro benzene ring substituents is 1. The van der Waals surface area contributed by atoms with E-state index in [2.05, 4.69) is 5.32 Å². The lowest BCUT2D eigenvalue weighted by Crippen LogP contribution is -2.38. The van der Waals surface area contributed by atoms with Crippen LogP contribution >= 0.6 is 11.6 Å². The van der Waals surface area contributed by atoms with Crippen molar-refractivity contribution in [1.82, 2.24) is 5.32 Å². The molecule has 1 fully saturated rings. The van der Waals surface area contributed by atoms with Crippen molar-refractivity contribution in [2.45, 2.75) is 25.3 Å². The van der Waals surface area contributed by atoms with Gasteiger partial charge in [-0.3, -0.25) is 14.9 Å². The zero-order chi connectivity index (χ0) is 13.3. The van der Waals surface area contributed by atoms with Gasteiger partial charge < -0.3 is 5.32 Å². The molecule has 0 heterocycles. The van der Waals surface area contributed by atoms with Gasteiger partial charge in [0.2, 0.25) is 0 Å². The largest absolute Gasteiger partial charge is 0.345 e. The first-order chi connectivity index (χ1) is 8.47. The molecule has 0 aromatic heterocycles. The first kappa shape index (κ1) is 12.8. The molecule has 5 nitrogen and oxygen atoms in total. The Morgan fingerprint density at radius 2 is 2.22 bits per heavy atom. The predicted octanol–water partition coefficient (Wildman–Crippen LogP) is 2.40. The van der Waals surface area contributed by atoms with Crippen LogP contribution in [0.3, 0.4) is 0 Å². The number of carbonyl (C=O) groups is 1. The molecular formula is C12H13ClN2O3. The highest BCUT2D eigenvalue weighted by atomic mass is 35.5. The van der Waals surface area contributed by atoms with Gasteiger partial charge in [-0.05, 0) is 25.3 Å². The second-order valence-electron chi connectivity index (χ2n) is 4.62. The molecule has 1 amide bonds. The number of hydrogen-bond donors (Lipinski definition) is 1. The van der Waals surface area contributed by atoms with Crippen LogP contribution in [0.1, 0.15) is 28.8 Å². The molecule has 1 aliphatic rings. The maximum Gasteiger partial charge on any atom is 0.270 e. The average Bonchev–Trinajstić information content (AvgIpc) is 3.09. The molecule has 1 N–H and O–H groups in total. The van der Waals surface area contributed by atoms with E-state index in [1.807, 2.05) is 0 Å². The summed E-state index contributed by atoms with van der Waals surface area (Å²) < 4.78 is 0. The molecule has 0 atom stereocenters. The minimum Gasteiger partial charge on any atom is -0.345 e. The van der Waals surface area contributed by atoms with Gasteiger partial charge in [0.15, 0.2) is 0 Å². The first-order valence-corrected chi connectivity index (χ1v) is 6.14. The summed E-state index contributed by atoms with van der Waals surface area (Å²) in [6.45, 7) is 1.75. The molecule has 2 rings (SSSR count). The molecule has 0 saturated heterocycles. The lowest BCUT2D eigenvalue weighted by molar-refractivity contribution is -0.384. The fourth-order valence-corrected chi connectivity index (χ4v) is 2.05. The topological polar surface area (TPSA) is 72.2 Å². The van der Waals surface area contributed by atoms with Crippen molar-refractivity contribution < 1.29 is 9.72 Å². The van der Waals surface area contributed by atoms with Crippen LogP contribution in [-0.4, -0.2) is 22.2 Å². The average molecular weight is 269 g/mol. The summed E-state index contributed by atoms with van der Waals surface area (Å²) in [7, 11) is 0. The Morgan fingerprint density at radius 3 is 2.72 bits per heavy atom. The molecule has 96 valence electrons. The lowest BCUT2D eigenvalue weighted by Gasteiger charge is -2.14. The number of aryl methyl sites for hydroxylation is 1. The minimum absolute atomic E-state index is 0.0820. The number of nitro groups is 1. The van der Waals surface area contributed by atoms with E-state index in [1.165, 1.54) is 12.1 Å². The van der Waals surface area contributed by atoms with E-state index in [0.29, 0.717) is 17.0 Å². The molecule has 0 aliphatic heterocycles. The van der Waals surface area contributed by atoms with Crippen molar-refractivity contribution >= 4 is 23.2 Å². The molecule has 0 bridgehead atoms. The van der Waals surface area contributed by atoms with Crippen LogP contribution in [-0.2, 0) is 0 Å². The minimum atomic E-state index is -0.509. The normalized spacial score (nSPS) is 16.1. The van der Waals surface area contributed by atoms with Crippen molar-refractivity contribution in [2.24, 2.45) is 0 Å². The SMILES string of the molecule is Cc1ccc([N+](=O)[O-])cc1C(=O)NC1(CCl)CC1. The van der Waals surface area contributed by atoms with Crippen LogP contribution in [0.15, 0.2) is 18.2 Å². The van der Waals surface area contributed by atoms with E-state index in [9.17, 15) is 14.9 Å². The third-order valence-electron chi connectivity index (χ3n) is 3.16. The van der Waals surface area contributed by atoms with E-state index >= 15 is 0 Å². The van der Waals surface area contributed by atoms with Crippen LogP contribution in [0, 0.1) is 17.0 Å². The Hall–Kier alpha value is -1.62. The van der Waals surface area contributed by atoms with Crippen LogP contribution in [0.5, 0.6) is 0 Å². The van der Waals surface area contributed by atoms with Gasteiger partial charge >= 0.3 is 0 Å². The summed E-state index contributed by atoms with van der Waals surface area (Å²) in [5.74, 6) is 0.0709. The van der Waals surface area contributed by atoms with Gasteiger partial charge in [0.1, 0.15) is 0 Å². The van der Waals surface area contributed by atoms with Crippen molar-refractivity contribution in [3.63, 3.8) is 0 Å². The molecule has 6 heteroatoms. The quantitative estimate of drug-likeness (QED) is 0.518. The van der Waals surface area contributed by atoms with Gasteiger partial charge in [-0.2, -0.15) is 0 Å². The number of benzene rings is 1. The van der Waals surface area contributed by atoms with E-state index in [1.54, 1.807) is 13.0 Å². The highest BCUT2D eigenvalue weighted by Gasteiger charge is 2.43. The predicted molar refractivity (Wildman–Crippen MR) is 68.0 cm³/mol. The van der Waals surface area contributed by atoms with Gasteiger partial charge in [-0.15, -0.1) is 11.6 Å². The van der Waals surface area contributed by atoms with E-state index in [4.69, 9.17) is 11.6 Å². The maximum atomic E-state index is 12.1. The van der Waals surface area contributed by atoms with Crippen molar-refractivity contribution in [3.8, 4) is 0 Å². The number of alkyl halides is 1. The number of hydrogen-bond acceptors (Lipinski definition) is 3. The van der Waals surface area contributed by atoms with Crippen molar-refractivity contribution in [3.05, 3.63) is 39.4 Å². The fraction of sp³-hybridized carbons (Fsp3) is 0.417. The standard InChI is InChI=1S/C12H13ClN2O3/c1-8-2-3-9(15(17)18)6-10(8)11(16)14-12(7-13)4-5-12/h2-3,6H,4-5,7H2,1H3,(H,14,16). The summed E-state index contributed by atoms with van der Waals surface area (Å²) >= 11 is 5.79. The zero-order valence-electron chi connectivity index (χ0n) is 9.90. The van der Waals surface area contributed by atoms with Crippen molar-refractivity contribution in [2.75, 3.05) is 5.88 Å². The Labute approximate surface area is 109 Å². The molecule has 1 aliphatic carbocycles. The molecule has 0 radical (unpaired) electrons. The number of non-ortho nitro benzene ring substituents is 1. The summed E-state index contributed by atoms with van der Waals surface area (Å²) in [6.07, 6.45) is 1.71. The van der Waals surface area contributed by atoms with Crippen LogP contribution in [0.4, 0.5) is 5.69 Å². The monoisotopic (exact) mass is 268 g/mol. The smallest absolute Gasteiger partial charge is 0.270 e. The molecule has 1 aromatic carbocycles. The van der Waals surface area contributed by atoms with E-state index < -0.39 is 4.92 Å². The van der Waals surface area contributed by atoms with Crippen LogP contribution < -0.4 is 5.32 Å². The number of rotatable bonds is 4. The Morgan fingerprint density at radius 1 is 1.56 bits per heavy atom. The highest BCUT2D eigenvalue weighted by molar-refractivity contribution is 6.19. The van der Waals surface area contributed by atoms with Crippen LogP contribution in [0.25, 0.3) is 0 Å². The van der Waals surface area contributed by atoms with E-state index in [-0.39, 0.29) is 17.1 Å². The zero-order valence-corrected chi connectivity index (χ0v) is 10.7. The number of carbonyl (C=O) groups excluding carboxylic acids is 1. The van der Waals surface area contributed by atoms with Crippen LogP contribution in [0.2, 0.25) is 0 Å². The summed E-state index contributed by atoms with van der Waals surface area (Å²) in [4.78, 5) is 22.2. The van der Waals surface area contributed by atoms with Gasteiger partial charge in [0, 0.05) is 23.6 Å². The third-order valence-corrected chi connectivity index (χ3v) is 3.68. The van der Waals surface area contributed by atoms with Gasteiger partial charge in [0.05, 0.1) is 10.5 Å². The lowest BCUT2D eigenvalue weighted by atomic mass is 10.1. The maximum absolute atomic E-state index is 12.1. The van der Waals surface area contributed by atoms with Gasteiger partial charge in [-0.1, -0.05) is 6.07 Å². The number of halogens is 1. The molecule has 18 heavy (non-hydrogen) atoms. The second kappa shape index (κ2) is 4.57.